The Morgan fingerprint density at radius 2 is 1.96 bits per heavy atom. The van der Waals surface area contributed by atoms with Crippen LogP contribution in [-0.2, 0) is 4.79 Å². The number of amides is 1. The van der Waals surface area contributed by atoms with E-state index in [4.69, 9.17) is 16.3 Å². The maximum Gasteiger partial charge on any atom is 0.274 e. The van der Waals surface area contributed by atoms with Crippen LogP contribution < -0.4 is 10.1 Å². The van der Waals surface area contributed by atoms with Crippen molar-refractivity contribution in [3.8, 4) is 5.75 Å². The highest BCUT2D eigenvalue weighted by Gasteiger charge is 2.19. The van der Waals surface area contributed by atoms with Gasteiger partial charge in [0.1, 0.15) is 5.75 Å². The number of carbonyl (C=O) groups excluding carboxylic acids is 1. The van der Waals surface area contributed by atoms with Gasteiger partial charge in [-0.3, -0.25) is 14.9 Å². The van der Waals surface area contributed by atoms with E-state index in [-0.39, 0.29) is 5.69 Å². The van der Waals surface area contributed by atoms with Gasteiger partial charge in [0.05, 0.1) is 21.2 Å². The number of nitro groups is 1. The molecule has 0 saturated carbocycles. The van der Waals surface area contributed by atoms with Crippen LogP contribution in [0.25, 0.3) is 0 Å². The minimum atomic E-state index is -0.812. The monoisotopic (exact) mass is 334 g/mol. The van der Waals surface area contributed by atoms with Crippen molar-refractivity contribution in [3.63, 3.8) is 0 Å². The van der Waals surface area contributed by atoms with Gasteiger partial charge in [-0.2, -0.15) is 0 Å². The summed E-state index contributed by atoms with van der Waals surface area (Å²) >= 11 is 5.98. The average Bonchev–Trinajstić information content (AvgIpc) is 2.51. The fraction of sp³-hybridized carbons (Fsp3) is 0.188. The summed E-state index contributed by atoms with van der Waals surface area (Å²) in [4.78, 5) is 22.6. The number of rotatable bonds is 5. The van der Waals surface area contributed by atoms with E-state index >= 15 is 0 Å². The molecule has 0 heterocycles. The topological polar surface area (TPSA) is 81.5 Å². The first-order valence-electron chi connectivity index (χ1n) is 6.86. The van der Waals surface area contributed by atoms with Gasteiger partial charge >= 0.3 is 0 Å². The summed E-state index contributed by atoms with van der Waals surface area (Å²) in [6.07, 6.45) is -0.812. The molecular formula is C16H15ClN2O4. The zero-order valence-corrected chi connectivity index (χ0v) is 13.3. The molecule has 6 nitrogen and oxygen atoms in total. The molecule has 0 fully saturated rings. The van der Waals surface area contributed by atoms with Crippen molar-refractivity contribution in [3.05, 3.63) is 63.2 Å². The fourth-order valence-corrected chi connectivity index (χ4v) is 2.16. The highest BCUT2D eigenvalue weighted by atomic mass is 35.5. The van der Waals surface area contributed by atoms with Crippen molar-refractivity contribution in [2.75, 3.05) is 5.32 Å². The van der Waals surface area contributed by atoms with E-state index in [2.05, 4.69) is 5.32 Å². The zero-order valence-electron chi connectivity index (χ0n) is 12.6. The Morgan fingerprint density at radius 1 is 1.26 bits per heavy atom. The van der Waals surface area contributed by atoms with Gasteiger partial charge in [0, 0.05) is 6.07 Å². The number of ether oxygens (including phenoxy) is 1. The summed E-state index contributed by atoms with van der Waals surface area (Å²) in [5, 5.41) is 14.0. The fourth-order valence-electron chi connectivity index (χ4n) is 1.98. The lowest BCUT2D eigenvalue weighted by Crippen LogP contribution is -2.30. The van der Waals surface area contributed by atoms with Crippen molar-refractivity contribution in [1.29, 1.82) is 0 Å². The third-order valence-electron chi connectivity index (χ3n) is 3.27. The van der Waals surface area contributed by atoms with Crippen LogP contribution in [0.4, 0.5) is 11.4 Å². The second-order valence-electron chi connectivity index (χ2n) is 4.89. The molecule has 0 bridgehead atoms. The standard InChI is InChI=1S/C16H15ClN2O4/c1-10-13(7-5-8-14(10)19(21)22)18-16(20)11(2)23-15-9-4-3-6-12(15)17/h3-9,11H,1-2H3,(H,18,20)/t11-/m1/s1. The number of anilines is 1. The second-order valence-corrected chi connectivity index (χ2v) is 5.29. The van der Waals surface area contributed by atoms with Crippen molar-refractivity contribution in [2.24, 2.45) is 0 Å². The molecule has 2 aromatic rings. The number of carbonyl (C=O) groups is 1. The first-order valence-corrected chi connectivity index (χ1v) is 7.24. The maximum atomic E-state index is 12.2. The number of benzene rings is 2. The summed E-state index contributed by atoms with van der Waals surface area (Å²) in [6, 6.07) is 11.3. The number of hydrogen-bond acceptors (Lipinski definition) is 4. The smallest absolute Gasteiger partial charge is 0.274 e. The number of nitrogens with one attached hydrogen (secondary N) is 1. The van der Waals surface area contributed by atoms with E-state index in [0.29, 0.717) is 22.0 Å². The highest BCUT2D eigenvalue weighted by molar-refractivity contribution is 6.32. The van der Waals surface area contributed by atoms with Gasteiger partial charge < -0.3 is 10.1 Å². The molecule has 0 unspecified atom stereocenters. The Morgan fingerprint density at radius 3 is 2.61 bits per heavy atom. The Bertz CT molecular complexity index is 749. The molecule has 2 rings (SSSR count). The van der Waals surface area contributed by atoms with E-state index in [9.17, 15) is 14.9 Å². The number of nitrogens with zero attached hydrogens (tertiary/aromatic N) is 1. The Labute approximate surface area is 138 Å². The Balaban J connectivity index is 2.12. The number of para-hydroxylation sites is 1. The van der Waals surface area contributed by atoms with E-state index < -0.39 is 16.9 Å². The van der Waals surface area contributed by atoms with E-state index in [1.165, 1.54) is 12.1 Å². The van der Waals surface area contributed by atoms with Crippen LogP contribution in [0.2, 0.25) is 5.02 Å². The summed E-state index contributed by atoms with van der Waals surface area (Å²) in [6.45, 7) is 3.15. The lowest BCUT2D eigenvalue weighted by atomic mass is 10.1. The molecule has 7 heteroatoms. The molecule has 1 atom stereocenters. The molecular weight excluding hydrogens is 320 g/mol. The lowest BCUT2D eigenvalue weighted by Gasteiger charge is -2.16. The lowest BCUT2D eigenvalue weighted by molar-refractivity contribution is -0.385. The van der Waals surface area contributed by atoms with Crippen LogP contribution in [0.15, 0.2) is 42.5 Å². The van der Waals surface area contributed by atoms with E-state index in [1.54, 1.807) is 44.2 Å². The van der Waals surface area contributed by atoms with Gasteiger partial charge in [-0.15, -0.1) is 0 Å². The largest absolute Gasteiger partial charge is 0.479 e. The SMILES string of the molecule is Cc1c(NC(=O)[C@@H](C)Oc2ccccc2Cl)cccc1[N+](=O)[O-]. The third-order valence-corrected chi connectivity index (χ3v) is 3.58. The molecule has 0 aromatic heterocycles. The quantitative estimate of drug-likeness (QED) is 0.662. The third kappa shape index (κ3) is 3.98. The van der Waals surface area contributed by atoms with Gasteiger partial charge in [0.25, 0.3) is 11.6 Å². The molecule has 120 valence electrons. The molecule has 0 aliphatic heterocycles. The van der Waals surface area contributed by atoms with Gasteiger partial charge in [-0.1, -0.05) is 29.8 Å². The van der Waals surface area contributed by atoms with Gasteiger partial charge in [-0.05, 0) is 32.0 Å². The van der Waals surface area contributed by atoms with Crippen LogP contribution in [0, 0.1) is 17.0 Å². The minimum absolute atomic E-state index is 0.0533. The molecule has 1 N–H and O–H groups in total. The van der Waals surface area contributed by atoms with E-state index in [1.807, 2.05) is 0 Å². The van der Waals surface area contributed by atoms with Gasteiger partial charge in [-0.25, -0.2) is 0 Å². The molecule has 2 aromatic carbocycles. The molecule has 0 radical (unpaired) electrons. The predicted octanol–water partition coefficient (Wildman–Crippen LogP) is 3.96. The van der Waals surface area contributed by atoms with Crippen LogP contribution >= 0.6 is 11.6 Å². The van der Waals surface area contributed by atoms with Crippen LogP contribution in [0.1, 0.15) is 12.5 Å². The van der Waals surface area contributed by atoms with Gasteiger partial charge in [0.15, 0.2) is 6.10 Å². The molecule has 0 spiro atoms. The molecule has 23 heavy (non-hydrogen) atoms. The molecule has 1 amide bonds. The Hall–Kier alpha value is -2.60. The van der Waals surface area contributed by atoms with Crippen molar-refractivity contribution >= 4 is 28.9 Å². The zero-order chi connectivity index (χ0) is 17.0. The molecule has 0 aliphatic rings. The maximum absolute atomic E-state index is 12.2. The number of halogens is 1. The number of hydrogen-bond donors (Lipinski definition) is 1. The summed E-state index contributed by atoms with van der Waals surface area (Å²) < 4.78 is 5.52. The summed E-state index contributed by atoms with van der Waals surface area (Å²) in [5.74, 6) is -0.0268. The second kappa shape index (κ2) is 7.11. The predicted molar refractivity (Wildman–Crippen MR) is 88.0 cm³/mol. The first-order chi connectivity index (χ1) is 10.9. The van der Waals surface area contributed by atoms with Crippen LogP contribution in [0.5, 0.6) is 5.75 Å². The average molecular weight is 335 g/mol. The van der Waals surface area contributed by atoms with Crippen molar-refractivity contribution in [1.82, 2.24) is 0 Å². The molecule has 0 saturated heterocycles. The van der Waals surface area contributed by atoms with Crippen molar-refractivity contribution < 1.29 is 14.5 Å². The Kier molecular flexibility index (Phi) is 5.18. The van der Waals surface area contributed by atoms with Crippen LogP contribution in [-0.4, -0.2) is 16.9 Å². The highest BCUT2D eigenvalue weighted by Crippen LogP contribution is 2.26. The molecule has 0 aliphatic carbocycles. The van der Waals surface area contributed by atoms with Crippen molar-refractivity contribution in [2.45, 2.75) is 20.0 Å². The van der Waals surface area contributed by atoms with Gasteiger partial charge in [0.2, 0.25) is 0 Å². The first kappa shape index (κ1) is 16.8. The normalized spacial score (nSPS) is 11.6. The van der Waals surface area contributed by atoms with Crippen LogP contribution in [0.3, 0.4) is 0 Å². The minimum Gasteiger partial charge on any atom is -0.479 e. The summed E-state index contributed by atoms with van der Waals surface area (Å²) in [5.41, 5.74) is 0.706. The van der Waals surface area contributed by atoms with E-state index in [0.717, 1.165) is 0 Å². The number of nitro benzene ring substituents is 1. The summed E-state index contributed by atoms with van der Waals surface area (Å²) in [7, 11) is 0.